The van der Waals surface area contributed by atoms with Gasteiger partial charge in [-0.25, -0.2) is 0 Å². The van der Waals surface area contributed by atoms with Crippen molar-refractivity contribution in [2.75, 3.05) is 0 Å². The molecule has 1 aliphatic rings. The van der Waals surface area contributed by atoms with Crippen molar-refractivity contribution in [2.24, 2.45) is 0 Å². The average molecular weight is 580 g/mol. The zero-order valence-electron chi connectivity index (χ0n) is 23.5. The van der Waals surface area contributed by atoms with E-state index in [0.717, 1.165) is 42.4 Å². The van der Waals surface area contributed by atoms with E-state index in [0.29, 0.717) is 35.2 Å². The molecule has 4 rings (SSSR count). The standard InChI is InChI=1S/C34H40Cl2N2O2/c1-24(2)28-17-13-25(14-18-28)16-20-33(39)38(23-27-15-19-30(35)31(36)21-27)32(22-26-9-5-3-6-10-26)34(40)37-29-11-7-4-8-12-29/h3,5-6,9-10,13-15,17-19,21,24,29,32H,4,7-8,11-12,16,20,22-23H2,1-2H3,(H,37,40)/t32-/m1/s1. The molecule has 0 spiro atoms. The lowest BCUT2D eigenvalue weighted by Gasteiger charge is -2.33. The van der Waals surface area contributed by atoms with Crippen molar-refractivity contribution in [3.63, 3.8) is 0 Å². The fourth-order valence-corrected chi connectivity index (χ4v) is 5.72. The maximum atomic E-state index is 14.0. The largest absolute Gasteiger partial charge is 0.352 e. The molecule has 0 radical (unpaired) electrons. The SMILES string of the molecule is CC(C)c1ccc(CCC(=O)N(Cc2ccc(Cl)c(Cl)c2)[C@H](Cc2ccccc2)C(=O)NC2CCCCC2)cc1. The highest BCUT2D eigenvalue weighted by atomic mass is 35.5. The van der Waals surface area contributed by atoms with E-state index in [4.69, 9.17) is 23.2 Å². The topological polar surface area (TPSA) is 49.4 Å². The molecule has 0 heterocycles. The monoisotopic (exact) mass is 578 g/mol. The smallest absolute Gasteiger partial charge is 0.243 e. The first kappa shape index (κ1) is 30.1. The summed E-state index contributed by atoms with van der Waals surface area (Å²) in [7, 11) is 0. The van der Waals surface area contributed by atoms with Crippen LogP contribution in [0.2, 0.25) is 10.0 Å². The number of nitrogens with zero attached hydrogens (tertiary/aromatic N) is 1. The molecule has 212 valence electrons. The zero-order chi connectivity index (χ0) is 28.5. The minimum Gasteiger partial charge on any atom is -0.352 e. The van der Waals surface area contributed by atoms with Crippen LogP contribution in [0.3, 0.4) is 0 Å². The van der Waals surface area contributed by atoms with Gasteiger partial charge in [-0.1, -0.05) is 117 Å². The molecule has 0 saturated heterocycles. The predicted molar refractivity (Wildman–Crippen MR) is 165 cm³/mol. The van der Waals surface area contributed by atoms with Crippen molar-refractivity contribution < 1.29 is 9.59 Å². The maximum absolute atomic E-state index is 14.0. The number of benzene rings is 3. The molecular formula is C34H40Cl2N2O2. The molecule has 0 bridgehead atoms. The highest BCUT2D eigenvalue weighted by molar-refractivity contribution is 6.42. The van der Waals surface area contributed by atoms with E-state index in [-0.39, 0.29) is 24.4 Å². The van der Waals surface area contributed by atoms with Gasteiger partial charge in [0.05, 0.1) is 10.0 Å². The third kappa shape index (κ3) is 8.59. The summed E-state index contributed by atoms with van der Waals surface area (Å²) in [5.41, 5.74) is 4.24. The van der Waals surface area contributed by atoms with E-state index in [1.807, 2.05) is 36.4 Å². The van der Waals surface area contributed by atoms with Gasteiger partial charge in [-0.3, -0.25) is 9.59 Å². The summed E-state index contributed by atoms with van der Waals surface area (Å²) in [4.78, 5) is 29.6. The van der Waals surface area contributed by atoms with Crippen LogP contribution in [0.4, 0.5) is 0 Å². The van der Waals surface area contributed by atoms with Gasteiger partial charge in [0.2, 0.25) is 11.8 Å². The number of halogens is 2. The lowest BCUT2D eigenvalue weighted by atomic mass is 9.94. The molecule has 1 atom stereocenters. The van der Waals surface area contributed by atoms with E-state index in [1.54, 1.807) is 17.0 Å². The Morgan fingerprint density at radius 3 is 2.17 bits per heavy atom. The number of aryl methyl sites for hydroxylation is 1. The Balaban J connectivity index is 1.60. The summed E-state index contributed by atoms with van der Waals surface area (Å²) in [6, 6.07) is 23.3. The molecule has 4 nitrogen and oxygen atoms in total. The van der Waals surface area contributed by atoms with Crippen LogP contribution in [0.5, 0.6) is 0 Å². The lowest BCUT2D eigenvalue weighted by Crippen LogP contribution is -2.52. The molecule has 6 heteroatoms. The van der Waals surface area contributed by atoms with Gasteiger partial charge in [0.1, 0.15) is 6.04 Å². The van der Waals surface area contributed by atoms with Crippen LogP contribution in [0.25, 0.3) is 0 Å². The minimum absolute atomic E-state index is 0.0567. The Kier molecular flexibility index (Phi) is 11.1. The van der Waals surface area contributed by atoms with Crippen molar-refractivity contribution in [3.8, 4) is 0 Å². The van der Waals surface area contributed by atoms with E-state index in [1.165, 1.54) is 12.0 Å². The number of rotatable bonds is 11. The summed E-state index contributed by atoms with van der Waals surface area (Å²) in [5, 5.41) is 4.19. The normalized spacial score (nSPS) is 14.6. The quantitative estimate of drug-likeness (QED) is 0.249. The molecular weight excluding hydrogens is 539 g/mol. The molecule has 1 saturated carbocycles. The van der Waals surface area contributed by atoms with Crippen LogP contribution in [-0.2, 0) is 29.0 Å². The van der Waals surface area contributed by atoms with Gasteiger partial charge in [0.15, 0.2) is 0 Å². The van der Waals surface area contributed by atoms with Crippen LogP contribution >= 0.6 is 23.2 Å². The van der Waals surface area contributed by atoms with Crippen molar-refractivity contribution in [3.05, 3.63) is 105 Å². The fourth-order valence-electron chi connectivity index (χ4n) is 5.40. The molecule has 2 amide bonds. The molecule has 1 fully saturated rings. The van der Waals surface area contributed by atoms with E-state index < -0.39 is 6.04 Å². The maximum Gasteiger partial charge on any atom is 0.243 e. The lowest BCUT2D eigenvalue weighted by molar-refractivity contribution is -0.141. The van der Waals surface area contributed by atoms with Crippen molar-refractivity contribution >= 4 is 35.0 Å². The second-order valence-electron chi connectivity index (χ2n) is 11.2. The zero-order valence-corrected chi connectivity index (χ0v) is 25.1. The summed E-state index contributed by atoms with van der Waals surface area (Å²) in [6.07, 6.45) is 6.77. The number of amides is 2. The van der Waals surface area contributed by atoms with Gasteiger partial charge in [0, 0.05) is 25.4 Å². The van der Waals surface area contributed by atoms with Crippen LogP contribution < -0.4 is 5.32 Å². The van der Waals surface area contributed by atoms with Gasteiger partial charge < -0.3 is 10.2 Å². The molecule has 40 heavy (non-hydrogen) atoms. The minimum atomic E-state index is -0.644. The van der Waals surface area contributed by atoms with Crippen LogP contribution in [-0.4, -0.2) is 28.8 Å². The van der Waals surface area contributed by atoms with Gasteiger partial charge in [-0.15, -0.1) is 0 Å². The number of carbonyl (C=O) groups excluding carboxylic acids is 2. The van der Waals surface area contributed by atoms with Gasteiger partial charge >= 0.3 is 0 Å². The molecule has 0 aromatic heterocycles. The highest BCUT2D eigenvalue weighted by Crippen LogP contribution is 2.25. The van der Waals surface area contributed by atoms with E-state index >= 15 is 0 Å². The molecule has 3 aromatic carbocycles. The third-order valence-electron chi connectivity index (χ3n) is 7.83. The summed E-state index contributed by atoms with van der Waals surface area (Å²) in [6.45, 7) is 4.62. The first-order valence-electron chi connectivity index (χ1n) is 14.5. The second-order valence-corrected chi connectivity index (χ2v) is 12.0. The number of nitrogens with one attached hydrogen (secondary N) is 1. The number of carbonyl (C=O) groups is 2. The van der Waals surface area contributed by atoms with Crippen LogP contribution in [0.1, 0.15) is 80.5 Å². The van der Waals surface area contributed by atoms with Crippen LogP contribution in [0, 0.1) is 0 Å². The Labute approximate surface area is 249 Å². The predicted octanol–water partition coefficient (Wildman–Crippen LogP) is 8.14. The van der Waals surface area contributed by atoms with Gasteiger partial charge in [-0.2, -0.15) is 0 Å². The first-order chi connectivity index (χ1) is 19.3. The summed E-state index contributed by atoms with van der Waals surface area (Å²) < 4.78 is 0. The number of hydrogen-bond acceptors (Lipinski definition) is 2. The van der Waals surface area contributed by atoms with Crippen molar-refractivity contribution in [2.45, 2.75) is 89.8 Å². The summed E-state index contributed by atoms with van der Waals surface area (Å²) in [5.74, 6) is 0.308. The first-order valence-corrected chi connectivity index (χ1v) is 15.2. The highest BCUT2D eigenvalue weighted by Gasteiger charge is 2.31. The van der Waals surface area contributed by atoms with Crippen molar-refractivity contribution in [1.29, 1.82) is 0 Å². The number of hydrogen-bond donors (Lipinski definition) is 1. The third-order valence-corrected chi connectivity index (χ3v) is 8.57. The van der Waals surface area contributed by atoms with Gasteiger partial charge in [0.25, 0.3) is 0 Å². The van der Waals surface area contributed by atoms with Crippen LogP contribution in [0.15, 0.2) is 72.8 Å². The Morgan fingerprint density at radius 1 is 0.850 bits per heavy atom. The molecule has 1 aliphatic carbocycles. The van der Waals surface area contributed by atoms with Crippen molar-refractivity contribution in [1.82, 2.24) is 10.2 Å². The van der Waals surface area contributed by atoms with E-state index in [2.05, 4.69) is 43.4 Å². The Bertz CT molecular complexity index is 1250. The average Bonchev–Trinajstić information content (AvgIpc) is 2.96. The fraction of sp³-hybridized carbons (Fsp3) is 0.412. The molecule has 3 aromatic rings. The molecule has 0 unspecified atom stereocenters. The molecule has 0 aliphatic heterocycles. The second kappa shape index (κ2) is 14.7. The summed E-state index contributed by atoms with van der Waals surface area (Å²) >= 11 is 12.5. The Hall–Kier alpha value is -2.82. The Morgan fingerprint density at radius 2 is 1.52 bits per heavy atom. The van der Waals surface area contributed by atoms with Gasteiger partial charge in [-0.05, 0) is 59.6 Å². The van der Waals surface area contributed by atoms with E-state index in [9.17, 15) is 9.59 Å². The molecule has 1 N–H and O–H groups in total.